The first-order chi connectivity index (χ1) is 12.9. The molecule has 0 aliphatic carbocycles. The van der Waals surface area contributed by atoms with Gasteiger partial charge in [0.2, 0.25) is 11.8 Å². The monoisotopic (exact) mass is 370 g/mol. The topological polar surface area (TPSA) is 90.5 Å². The van der Waals surface area contributed by atoms with Gasteiger partial charge < -0.3 is 20.9 Å². The molecule has 0 unspecified atom stereocenters. The number of carbonyl (C=O) groups excluding carboxylic acids is 3. The van der Waals surface area contributed by atoms with Crippen LogP contribution in [0.3, 0.4) is 0 Å². The summed E-state index contributed by atoms with van der Waals surface area (Å²) >= 11 is 0. The summed E-state index contributed by atoms with van der Waals surface area (Å²) < 4.78 is 13.4. The quantitative estimate of drug-likeness (QED) is 0.773. The molecule has 0 saturated carbocycles. The molecule has 2 aromatic rings. The van der Waals surface area contributed by atoms with Gasteiger partial charge >= 0.3 is 6.03 Å². The van der Waals surface area contributed by atoms with Gasteiger partial charge in [-0.2, -0.15) is 0 Å². The molecule has 4 amide bonds. The zero-order valence-electron chi connectivity index (χ0n) is 14.7. The number of halogens is 1. The molecule has 27 heavy (non-hydrogen) atoms. The Kier molecular flexibility index (Phi) is 5.35. The zero-order chi connectivity index (χ0) is 19.4. The van der Waals surface area contributed by atoms with Gasteiger partial charge in [0.05, 0.1) is 6.04 Å². The van der Waals surface area contributed by atoms with E-state index in [1.165, 1.54) is 30.0 Å². The highest BCUT2D eigenvalue weighted by Crippen LogP contribution is 2.22. The van der Waals surface area contributed by atoms with Crippen molar-refractivity contribution in [3.05, 3.63) is 54.3 Å². The van der Waals surface area contributed by atoms with E-state index < -0.39 is 11.8 Å². The molecule has 1 aliphatic rings. The lowest BCUT2D eigenvalue weighted by molar-refractivity contribution is -0.117. The first-order valence-corrected chi connectivity index (χ1v) is 8.42. The Labute approximate surface area is 155 Å². The minimum atomic E-state index is -0.443. The lowest BCUT2D eigenvalue weighted by Gasteiger charge is -2.17. The van der Waals surface area contributed by atoms with E-state index in [2.05, 4.69) is 16.0 Å². The zero-order valence-corrected chi connectivity index (χ0v) is 14.7. The fraction of sp³-hybridized carbons (Fsp3) is 0.211. The number of rotatable bonds is 4. The Morgan fingerprint density at radius 3 is 2.37 bits per heavy atom. The van der Waals surface area contributed by atoms with Crippen LogP contribution in [-0.4, -0.2) is 30.4 Å². The lowest BCUT2D eigenvalue weighted by Crippen LogP contribution is -2.39. The number of amides is 4. The average Bonchev–Trinajstić information content (AvgIpc) is 2.96. The summed E-state index contributed by atoms with van der Waals surface area (Å²) in [7, 11) is 0. The Morgan fingerprint density at radius 1 is 1.07 bits per heavy atom. The molecular formula is C19H19FN4O3. The van der Waals surface area contributed by atoms with Gasteiger partial charge in [-0.1, -0.05) is 6.07 Å². The maximum atomic E-state index is 13.4. The number of hydrogen-bond donors (Lipinski definition) is 3. The summed E-state index contributed by atoms with van der Waals surface area (Å²) in [6.45, 7) is 1.69. The minimum Gasteiger partial charge on any atom is -0.333 e. The van der Waals surface area contributed by atoms with Gasteiger partial charge in [0.1, 0.15) is 5.82 Å². The Morgan fingerprint density at radius 2 is 1.74 bits per heavy atom. The molecule has 1 saturated heterocycles. The molecular weight excluding hydrogens is 351 g/mol. The maximum Gasteiger partial charge on any atom is 0.319 e. The molecule has 1 aliphatic heterocycles. The van der Waals surface area contributed by atoms with Gasteiger partial charge in [-0.25, -0.2) is 9.18 Å². The summed E-state index contributed by atoms with van der Waals surface area (Å²) in [5.74, 6) is -0.773. The standard InChI is InChI=1S/C19H19FN4O3/c1-12(25)21-14-5-7-15(8-6-14)22-19(27)23-16-10-18(26)24(11-16)17-4-2-3-13(20)9-17/h2-9,16H,10-11H2,1H3,(H,21,25)(H2,22,23,27)/t16-/m0/s1. The normalized spacial score (nSPS) is 16.1. The maximum absolute atomic E-state index is 13.4. The average molecular weight is 370 g/mol. The fourth-order valence-electron chi connectivity index (χ4n) is 2.89. The van der Waals surface area contributed by atoms with Gasteiger partial charge in [0.15, 0.2) is 0 Å². The third kappa shape index (κ3) is 4.81. The van der Waals surface area contributed by atoms with Gasteiger partial charge in [-0.05, 0) is 42.5 Å². The summed E-state index contributed by atoms with van der Waals surface area (Å²) in [6, 6.07) is 11.6. The number of benzene rings is 2. The molecule has 3 rings (SSSR count). The highest BCUT2D eigenvalue weighted by molar-refractivity contribution is 5.97. The second kappa shape index (κ2) is 7.86. The van der Waals surface area contributed by atoms with Crippen molar-refractivity contribution in [2.75, 3.05) is 22.1 Å². The van der Waals surface area contributed by atoms with E-state index in [4.69, 9.17) is 0 Å². The van der Waals surface area contributed by atoms with Gasteiger partial charge in [-0.3, -0.25) is 9.59 Å². The largest absolute Gasteiger partial charge is 0.333 e. The summed E-state index contributed by atoms with van der Waals surface area (Å²) in [5.41, 5.74) is 1.65. The van der Waals surface area contributed by atoms with Gasteiger partial charge in [-0.15, -0.1) is 0 Å². The van der Waals surface area contributed by atoms with Crippen LogP contribution in [0.15, 0.2) is 48.5 Å². The highest BCUT2D eigenvalue weighted by Gasteiger charge is 2.31. The molecule has 140 valence electrons. The molecule has 2 aromatic carbocycles. The summed E-state index contributed by atoms with van der Waals surface area (Å²) in [4.78, 5) is 36.8. The summed E-state index contributed by atoms with van der Waals surface area (Å²) in [5, 5.41) is 8.05. The van der Waals surface area contributed by atoms with E-state index in [0.717, 1.165) is 0 Å². The SMILES string of the molecule is CC(=O)Nc1ccc(NC(=O)N[C@H]2CC(=O)N(c3cccc(F)c3)C2)cc1. The number of nitrogens with zero attached hydrogens (tertiary/aromatic N) is 1. The van der Waals surface area contributed by atoms with Crippen molar-refractivity contribution >= 4 is 34.9 Å². The second-order valence-electron chi connectivity index (χ2n) is 6.24. The first kappa shape index (κ1) is 18.4. The van der Waals surface area contributed by atoms with Crippen LogP contribution in [0.4, 0.5) is 26.2 Å². The van der Waals surface area contributed by atoms with Crippen LogP contribution in [0.25, 0.3) is 0 Å². The molecule has 8 heteroatoms. The molecule has 7 nitrogen and oxygen atoms in total. The number of urea groups is 1. The van der Waals surface area contributed by atoms with E-state index >= 15 is 0 Å². The number of anilines is 3. The van der Waals surface area contributed by atoms with Gasteiger partial charge in [0, 0.05) is 37.0 Å². The third-order valence-electron chi connectivity index (χ3n) is 4.04. The predicted molar refractivity (Wildman–Crippen MR) is 100 cm³/mol. The summed E-state index contributed by atoms with van der Waals surface area (Å²) in [6.07, 6.45) is 0.144. The van der Waals surface area contributed by atoms with Crippen molar-refractivity contribution in [3.63, 3.8) is 0 Å². The number of carbonyl (C=O) groups is 3. The molecule has 0 spiro atoms. The molecule has 0 bridgehead atoms. The van der Waals surface area contributed by atoms with E-state index in [1.807, 2.05) is 0 Å². The van der Waals surface area contributed by atoms with Crippen LogP contribution in [-0.2, 0) is 9.59 Å². The van der Waals surface area contributed by atoms with Gasteiger partial charge in [0.25, 0.3) is 0 Å². The van der Waals surface area contributed by atoms with Crippen LogP contribution in [0.2, 0.25) is 0 Å². The van der Waals surface area contributed by atoms with Crippen LogP contribution < -0.4 is 20.9 Å². The molecule has 1 heterocycles. The van der Waals surface area contributed by atoms with E-state index in [-0.39, 0.29) is 30.8 Å². The van der Waals surface area contributed by atoms with Crippen molar-refractivity contribution in [1.29, 1.82) is 0 Å². The Bertz CT molecular complexity index is 870. The molecule has 3 N–H and O–H groups in total. The number of nitrogens with one attached hydrogen (secondary N) is 3. The van der Waals surface area contributed by atoms with E-state index in [0.29, 0.717) is 17.1 Å². The van der Waals surface area contributed by atoms with Crippen LogP contribution in [0, 0.1) is 5.82 Å². The molecule has 1 fully saturated rings. The van der Waals surface area contributed by atoms with Crippen LogP contribution in [0.1, 0.15) is 13.3 Å². The van der Waals surface area contributed by atoms with Crippen molar-refractivity contribution < 1.29 is 18.8 Å². The van der Waals surface area contributed by atoms with Crippen LogP contribution in [0.5, 0.6) is 0 Å². The van der Waals surface area contributed by atoms with Crippen LogP contribution >= 0.6 is 0 Å². The first-order valence-electron chi connectivity index (χ1n) is 8.42. The minimum absolute atomic E-state index is 0.144. The van der Waals surface area contributed by atoms with E-state index in [1.54, 1.807) is 30.3 Å². The predicted octanol–water partition coefficient (Wildman–Crippen LogP) is 2.71. The van der Waals surface area contributed by atoms with Crippen molar-refractivity contribution in [3.8, 4) is 0 Å². The molecule has 1 atom stereocenters. The fourth-order valence-corrected chi connectivity index (χ4v) is 2.89. The highest BCUT2D eigenvalue weighted by atomic mass is 19.1. The third-order valence-corrected chi connectivity index (χ3v) is 4.04. The number of hydrogen-bond acceptors (Lipinski definition) is 3. The lowest BCUT2D eigenvalue weighted by atomic mass is 10.2. The van der Waals surface area contributed by atoms with Crippen molar-refractivity contribution in [2.24, 2.45) is 0 Å². The smallest absolute Gasteiger partial charge is 0.319 e. The molecule has 0 radical (unpaired) electrons. The molecule has 0 aromatic heterocycles. The van der Waals surface area contributed by atoms with Crippen molar-refractivity contribution in [2.45, 2.75) is 19.4 Å². The second-order valence-corrected chi connectivity index (χ2v) is 6.24. The van der Waals surface area contributed by atoms with E-state index in [9.17, 15) is 18.8 Å². The van der Waals surface area contributed by atoms with Crippen molar-refractivity contribution in [1.82, 2.24) is 5.32 Å². The Hall–Kier alpha value is -3.42. The Balaban J connectivity index is 1.55.